The van der Waals surface area contributed by atoms with Crippen LogP contribution in [0, 0.1) is 11.8 Å². The molecule has 1 aliphatic heterocycles. The summed E-state index contributed by atoms with van der Waals surface area (Å²) < 4.78 is 0. The maximum Gasteiger partial charge on any atom is 0.223 e. The molecule has 88 valence electrons. The van der Waals surface area contributed by atoms with Crippen LogP contribution in [0.3, 0.4) is 0 Å². The van der Waals surface area contributed by atoms with Crippen molar-refractivity contribution in [2.75, 3.05) is 18.1 Å². The first kappa shape index (κ1) is 11.7. The third-order valence-corrected chi connectivity index (χ3v) is 2.82. The molecule has 1 aromatic carbocycles. The largest absolute Gasteiger partial charge is 0.395 e. The standard InChI is InChI=1S/C14H15NO2/c1-11(17)15-8-7-13-10-12(4-2-3-9-16)5-6-14(13)15/h5-6,10,16H,3,7-9H2,1H3. The molecular weight excluding hydrogens is 214 g/mol. The highest BCUT2D eigenvalue weighted by atomic mass is 16.2. The second-order valence-electron chi connectivity index (χ2n) is 4.04. The first-order chi connectivity index (χ1) is 8.22. The lowest BCUT2D eigenvalue weighted by molar-refractivity contribution is -0.116. The van der Waals surface area contributed by atoms with Crippen LogP contribution in [0.25, 0.3) is 0 Å². The van der Waals surface area contributed by atoms with Crippen molar-refractivity contribution in [1.29, 1.82) is 0 Å². The summed E-state index contributed by atoms with van der Waals surface area (Å²) in [7, 11) is 0. The Morgan fingerprint density at radius 2 is 2.35 bits per heavy atom. The smallest absolute Gasteiger partial charge is 0.223 e. The fourth-order valence-corrected chi connectivity index (χ4v) is 2.03. The van der Waals surface area contributed by atoms with Crippen molar-refractivity contribution < 1.29 is 9.90 Å². The van der Waals surface area contributed by atoms with E-state index in [9.17, 15) is 4.79 Å². The van der Waals surface area contributed by atoms with Crippen molar-refractivity contribution >= 4 is 11.6 Å². The number of rotatable bonds is 1. The maximum atomic E-state index is 11.4. The lowest BCUT2D eigenvalue weighted by atomic mass is 10.1. The van der Waals surface area contributed by atoms with E-state index in [0.717, 1.165) is 24.2 Å². The average Bonchev–Trinajstić information content (AvgIpc) is 2.72. The number of fused-ring (bicyclic) bond motifs is 1. The van der Waals surface area contributed by atoms with Crippen molar-refractivity contribution in [3.8, 4) is 11.8 Å². The number of hydrogen-bond donors (Lipinski definition) is 1. The number of carbonyl (C=O) groups is 1. The van der Waals surface area contributed by atoms with Gasteiger partial charge >= 0.3 is 0 Å². The molecule has 0 bridgehead atoms. The van der Waals surface area contributed by atoms with E-state index in [4.69, 9.17) is 5.11 Å². The van der Waals surface area contributed by atoms with Gasteiger partial charge in [0.05, 0.1) is 6.61 Å². The second-order valence-corrected chi connectivity index (χ2v) is 4.04. The van der Waals surface area contributed by atoms with Gasteiger partial charge in [0, 0.05) is 31.1 Å². The number of aliphatic hydroxyl groups is 1. The van der Waals surface area contributed by atoms with Crippen LogP contribution in [-0.2, 0) is 11.2 Å². The summed E-state index contributed by atoms with van der Waals surface area (Å²) in [5.74, 6) is 5.99. The highest BCUT2D eigenvalue weighted by molar-refractivity contribution is 5.93. The molecule has 0 aromatic heterocycles. The molecule has 1 amide bonds. The topological polar surface area (TPSA) is 40.5 Å². The molecule has 0 radical (unpaired) electrons. The van der Waals surface area contributed by atoms with Crippen molar-refractivity contribution in [1.82, 2.24) is 0 Å². The minimum atomic E-state index is 0.0860. The number of hydrogen-bond acceptors (Lipinski definition) is 2. The average molecular weight is 229 g/mol. The van der Waals surface area contributed by atoms with E-state index in [0.29, 0.717) is 6.42 Å². The Labute approximate surface area is 101 Å². The first-order valence-electron chi connectivity index (χ1n) is 5.73. The van der Waals surface area contributed by atoms with Crippen LogP contribution in [0.5, 0.6) is 0 Å². The molecule has 0 fully saturated rings. The van der Waals surface area contributed by atoms with Gasteiger partial charge in [0.1, 0.15) is 0 Å². The predicted octanol–water partition coefficient (Wildman–Crippen LogP) is 1.33. The Bertz CT molecular complexity index is 497. The summed E-state index contributed by atoms with van der Waals surface area (Å²) in [6.07, 6.45) is 1.39. The Kier molecular flexibility index (Phi) is 3.46. The van der Waals surface area contributed by atoms with Gasteiger partial charge in [-0.3, -0.25) is 4.79 Å². The zero-order valence-electron chi connectivity index (χ0n) is 9.86. The van der Waals surface area contributed by atoms with Crippen molar-refractivity contribution in [3.05, 3.63) is 29.3 Å². The van der Waals surface area contributed by atoms with Crippen LogP contribution in [0.15, 0.2) is 18.2 Å². The molecular formula is C14H15NO2. The molecule has 0 aliphatic carbocycles. The predicted molar refractivity (Wildman–Crippen MR) is 66.8 cm³/mol. The minimum absolute atomic E-state index is 0.0860. The van der Waals surface area contributed by atoms with Crippen LogP contribution in [-0.4, -0.2) is 24.2 Å². The number of anilines is 1. The fraction of sp³-hybridized carbons (Fsp3) is 0.357. The van der Waals surface area contributed by atoms with Gasteiger partial charge < -0.3 is 10.0 Å². The van der Waals surface area contributed by atoms with Crippen molar-refractivity contribution in [3.63, 3.8) is 0 Å². The quantitative estimate of drug-likeness (QED) is 0.738. The van der Waals surface area contributed by atoms with E-state index in [2.05, 4.69) is 11.8 Å². The summed E-state index contributed by atoms with van der Waals surface area (Å²) in [6, 6.07) is 5.90. The lowest BCUT2D eigenvalue weighted by Gasteiger charge is -2.14. The van der Waals surface area contributed by atoms with Gasteiger partial charge in [0.25, 0.3) is 0 Å². The van der Waals surface area contributed by atoms with Crippen LogP contribution in [0.1, 0.15) is 24.5 Å². The molecule has 1 heterocycles. The van der Waals surface area contributed by atoms with E-state index in [1.165, 1.54) is 5.56 Å². The summed E-state index contributed by atoms with van der Waals surface area (Å²) in [5, 5.41) is 8.65. The zero-order valence-corrected chi connectivity index (χ0v) is 9.86. The molecule has 0 atom stereocenters. The zero-order chi connectivity index (χ0) is 12.3. The van der Waals surface area contributed by atoms with Gasteiger partial charge in [-0.15, -0.1) is 0 Å². The van der Waals surface area contributed by atoms with Gasteiger partial charge in [-0.2, -0.15) is 0 Å². The second kappa shape index (κ2) is 5.03. The van der Waals surface area contributed by atoms with E-state index >= 15 is 0 Å². The number of aliphatic hydroxyl groups excluding tert-OH is 1. The van der Waals surface area contributed by atoms with E-state index in [-0.39, 0.29) is 12.5 Å². The van der Waals surface area contributed by atoms with Crippen LogP contribution >= 0.6 is 0 Å². The number of nitrogens with zero attached hydrogens (tertiary/aromatic N) is 1. The maximum absolute atomic E-state index is 11.4. The SMILES string of the molecule is CC(=O)N1CCc2cc(C#CCCO)ccc21. The fourth-order valence-electron chi connectivity index (χ4n) is 2.03. The summed E-state index contributed by atoms with van der Waals surface area (Å²) in [5.41, 5.74) is 3.13. The molecule has 0 saturated heterocycles. The Hall–Kier alpha value is -1.79. The molecule has 17 heavy (non-hydrogen) atoms. The van der Waals surface area contributed by atoms with Gasteiger partial charge in [0.15, 0.2) is 0 Å². The summed E-state index contributed by atoms with van der Waals surface area (Å²) in [4.78, 5) is 13.2. The number of amides is 1. The number of carbonyl (C=O) groups excluding carboxylic acids is 1. The highest BCUT2D eigenvalue weighted by Gasteiger charge is 2.21. The Balaban J connectivity index is 2.23. The highest BCUT2D eigenvalue weighted by Crippen LogP contribution is 2.28. The molecule has 0 saturated carbocycles. The lowest BCUT2D eigenvalue weighted by Crippen LogP contribution is -2.25. The molecule has 1 aliphatic rings. The third-order valence-electron chi connectivity index (χ3n) is 2.82. The first-order valence-corrected chi connectivity index (χ1v) is 5.73. The Morgan fingerprint density at radius 1 is 1.53 bits per heavy atom. The molecule has 0 spiro atoms. The van der Waals surface area contributed by atoms with Crippen LogP contribution in [0.2, 0.25) is 0 Å². The molecule has 3 nitrogen and oxygen atoms in total. The molecule has 1 aromatic rings. The molecule has 1 N–H and O–H groups in total. The third kappa shape index (κ3) is 2.48. The van der Waals surface area contributed by atoms with Crippen LogP contribution < -0.4 is 4.90 Å². The van der Waals surface area contributed by atoms with E-state index in [1.54, 1.807) is 11.8 Å². The Morgan fingerprint density at radius 3 is 3.06 bits per heavy atom. The summed E-state index contributed by atoms with van der Waals surface area (Å²) in [6.45, 7) is 2.44. The van der Waals surface area contributed by atoms with E-state index < -0.39 is 0 Å². The monoisotopic (exact) mass is 229 g/mol. The van der Waals surface area contributed by atoms with Crippen molar-refractivity contribution in [2.45, 2.75) is 19.8 Å². The molecule has 0 unspecified atom stereocenters. The van der Waals surface area contributed by atoms with Gasteiger partial charge in [-0.1, -0.05) is 11.8 Å². The molecule has 3 heteroatoms. The van der Waals surface area contributed by atoms with Crippen LogP contribution in [0.4, 0.5) is 5.69 Å². The summed E-state index contributed by atoms with van der Waals surface area (Å²) >= 11 is 0. The van der Waals surface area contributed by atoms with Crippen molar-refractivity contribution in [2.24, 2.45) is 0 Å². The van der Waals surface area contributed by atoms with Gasteiger partial charge in [-0.05, 0) is 30.2 Å². The molecule has 2 rings (SSSR count). The van der Waals surface area contributed by atoms with Gasteiger partial charge in [0.2, 0.25) is 5.91 Å². The number of benzene rings is 1. The normalized spacial score (nSPS) is 12.9. The minimum Gasteiger partial charge on any atom is -0.395 e. The van der Waals surface area contributed by atoms with E-state index in [1.807, 2.05) is 18.2 Å². The van der Waals surface area contributed by atoms with Gasteiger partial charge in [-0.25, -0.2) is 0 Å².